The average molecular weight is 549 g/mol. The zero-order valence-electron chi connectivity index (χ0n) is 23.8. The third-order valence-electron chi connectivity index (χ3n) is 7.97. The molecule has 0 amide bonds. The molecule has 2 heterocycles. The first-order valence-corrected chi connectivity index (χ1v) is 20.8. The summed E-state index contributed by atoms with van der Waals surface area (Å²) in [5.74, 6) is 9.51. The van der Waals surface area contributed by atoms with Crippen molar-refractivity contribution in [3.8, 4) is 22.8 Å². The fraction of sp³-hybridized carbons (Fsp3) is 0.324. The van der Waals surface area contributed by atoms with Gasteiger partial charge in [0.1, 0.15) is 0 Å². The molecule has 6 rings (SSSR count). The summed E-state index contributed by atoms with van der Waals surface area (Å²) in [6.07, 6.45) is 3.21. The molecule has 0 radical (unpaired) electrons. The van der Waals surface area contributed by atoms with Crippen molar-refractivity contribution in [1.82, 2.24) is 0 Å². The Hall–Kier alpha value is -2.85. The fourth-order valence-electron chi connectivity index (χ4n) is 6.34. The van der Waals surface area contributed by atoms with Crippen LogP contribution in [0.4, 0.5) is 0 Å². The molecule has 0 atom stereocenters. The summed E-state index contributed by atoms with van der Waals surface area (Å²) in [7, 11) is 2.19. The van der Waals surface area contributed by atoms with Gasteiger partial charge in [0, 0.05) is 0 Å². The van der Waals surface area contributed by atoms with Crippen LogP contribution in [0, 0.1) is 19.3 Å². The van der Waals surface area contributed by atoms with E-state index in [2.05, 4.69) is 118 Å². The van der Waals surface area contributed by atoms with Gasteiger partial charge in [-0.1, -0.05) is 0 Å². The molecule has 0 N–H and O–H groups in total. The summed E-state index contributed by atoms with van der Waals surface area (Å²) in [4.78, 5) is 0. The van der Waals surface area contributed by atoms with Crippen molar-refractivity contribution >= 4 is 50.0 Å². The van der Waals surface area contributed by atoms with Gasteiger partial charge in [0.25, 0.3) is 0 Å². The normalized spacial score (nSPS) is 13.3. The summed E-state index contributed by atoms with van der Waals surface area (Å²) in [5, 5.41) is 7.94. The van der Waals surface area contributed by atoms with Crippen LogP contribution in [0.25, 0.3) is 43.6 Å². The number of nitrogens with zero attached hydrogens (tertiary/aromatic N) is 1. The molecule has 0 unspecified atom stereocenters. The van der Waals surface area contributed by atoms with Gasteiger partial charge in [-0.15, -0.1) is 0 Å². The third kappa shape index (κ3) is 3.79. The predicted octanol–water partition coefficient (Wildman–Crippen LogP) is 8.49. The number of benzene rings is 4. The van der Waals surface area contributed by atoms with Crippen LogP contribution in [0.1, 0.15) is 37.5 Å². The first kappa shape index (κ1) is 24.5. The number of pyridine rings is 1. The number of aryl methyl sites for hydroxylation is 3. The summed E-state index contributed by atoms with van der Waals surface area (Å²) >= 11 is -2.13. The Labute approximate surface area is 223 Å². The minimum absolute atomic E-state index is 0.135. The van der Waals surface area contributed by atoms with E-state index in [4.69, 9.17) is 4.74 Å². The zero-order chi connectivity index (χ0) is 26.4. The zero-order valence-corrected chi connectivity index (χ0v) is 25.9. The van der Waals surface area contributed by atoms with Gasteiger partial charge in [0.2, 0.25) is 0 Å². The van der Waals surface area contributed by atoms with Gasteiger partial charge >= 0.3 is 224 Å². The minimum atomic E-state index is -2.13. The number of hydrogen-bond donors (Lipinski definition) is 0. The van der Waals surface area contributed by atoms with Crippen molar-refractivity contribution in [2.75, 3.05) is 0 Å². The van der Waals surface area contributed by atoms with E-state index >= 15 is 0 Å². The molecular weight excluding hydrogens is 511 g/mol. The second-order valence-corrected chi connectivity index (χ2v) is 23.9. The van der Waals surface area contributed by atoms with Crippen molar-refractivity contribution in [3.05, 3.63) is 71.4 Å². The van der Waals surface area contributed by atoms with Crippen molar-refractivity contribution in [3.63, 3.8) is 0 Å². The van der Waals surface area contributed by atoms with Crippen LogP contribution >= 0.6 is 0 Å². The SMILES string of the molecule is Cc1ccc2c(CC(C)(C)C)c3c(c(C)c2c1)-c1c2c(cc4ccc[c]([Ge]([CH3])([CH3])[CH3])c4c2cc[n+]1C)O3. The van der Waals surface area contributed by atoms with Gasteiger partial charge in [-0.2, -0.15) is 0 Å². The molecule has 0 spiro atoms. The van der Waals surface area contributed by atoms with E-state index in [1.165, 1.54) is 60.3 Å². The Kier molecular flexibility index (Phi) is 5.34. The van der Waals surface area contributed by atoms with E-state index in [1.54, 1.807) is 4.40 Å². The maximum absolute atomic E-state index is 7.04. The van der Waals surface area contributed by atoms with Crippen molar-refractivity contribution < 1.29 is 9.30 Å². The number of hydrogen-bond acceptors (Lipinski definition) is 1. The summed E-state index contributed by atoms with van der Waals surface area (Å²) in [6.45, 7) is 11.4. The molecule has 0 saturated heterocycles. The van der Waals surface area contributed by atoms with Crippen LogP contribution in [-0.2, 0) is 13.5 Å². The molecule has 0 bridgehead atoms. The van der Waals surface area contributed by atoms with Crippen molar-refractivity contribution in [2.45, 2.75) is 58.3 Å². The Morgan fingerprint density at radius 1 is 0.865 bits per heavy atom. The van der Waals surface area contributed by atoms with Gasteiger partial charge < -0.3 is 0 Å². The quantitative estimate of drug-likeness (QED) is 0.120. The molecule has 1 aromatic heterocycles. The molecule has 0 saturated carbocycles. The number of aromatic nitrogens is 1. The van der Waals surface area contributed by atoms with E-state index in [0.29, 0.717) is 0 Å². The number of rotatable bonds is 2. The Bertz CT molecular complexity index is 1770. The first-order valence-electron chi connectivity index (χ1n) is 13.5. The molecular formula is C34H38GeNO+. The van der Waals surface area contributed by atoms with E-state index in [0.717, 1.165) is 17.9 Å². The first-order chi connectivity index (χ1) is 17.3. The fourth-order valence-corrected chi connectivity index (χ4v) is 9.75. The summed E-state index contributed by atoms with van der Waals surface area (Å²) < 4.78 is 10.9. The van der Waals surface area contributed by atoms with Crippen LogP contribution in [0.5, 0.6) is 11.5 Å². The molecule has 2 nitrogen and oxygen atoms in total. The average Bonchev–Trinajstić information content (AvgIpc) is 2.81. The number of ether oxygens (including phenoxy) is 1. The van der Waals surface area contributed by atoms with E-state index in [9.17, 15) is 0 Å². The van der Waals surface area contributed by atoms with Crippen molar-refractivity contribution in [1.29, 1.82) is 0 Å². The Morgan fingerprint density at radius 3 is 2.32 bits per heavy atom. The second kappa shape index (κ2) is 8.07. The Morgan fingerprint density at radius 2 is 1.62 bits per heavy atom. The van der Waals surface area contributed by atoms with Crippen LogP contribution in [0.3, 0.4) is 0 Å². The monoisotopic (exact) mass is 550 g/mol. The van der Waals surface area contributed by atoms with Crippen molar-refractivity contribution in [2.24, 2.45) is 12.5 Å². The van der Waals surface area contributed by atoms with Gasteiger partial charge in [-0.05, 0) is 0 Å². The van der Waals surface area contributed by atoms with Crippen LogP contribution in [0.15, 0.2) is 54.7 Å². The summed E-state index contributed by atoms with van der Waals surface area (Å²) in [5.41, 5.74) is 6.60. The molecule has 4 aromatic carbocycles. The molecule has 188 valence electrons. The standard InChI is InChI=1S/C34H38GeNO/c1-20-13-14-23-25(17-20)21(2)29-32-31-24(15-16-36(32)9)30-22(11-10-12-27(30)35(6,7)8)18-28(31)37-33(29)26(23)19-34(3,4)5/h10-18H,19H2,1-9H3/q+1. The van der Waals surface area contributed by atoms with Gasteiger partial charge in [-0.3, -0.25) is 0 Å². The summed E-state index contributed by atoms with van der Waals surface area (Å²) in [6, 6.07) is 18.4. The van der Waals surface area contributed by atoms with Crippen LogP contribution in [-0.4, -0.2) is 13.3 Å². The van der Waals surface area contributed by atoms with E-state index in [-0.39, 0.29) is 5.41 Å². The molecule has 37 heavy (non-hydrogen) atoms. The molecule has 0 fully saturated rings. The molecule has 1 aliphatic rings. The topological polar surface area (TPSA) is 13.1 Å². The van der Waals surface area contributed by atoms with E-state index < -0.39 is 13.3 Å². The third-order valence-corrected chi connectivity index (χ3v) is 12.2. The maximum atomic E-state index is 7.04. The van der Waals surface area contributed by atoms with Gasteiger partial charge in [-0.25, -0.2) is 0 Å². The van der Waals surface area contributed by atoms with E-state index in [1.807, 2.05) is 0 Å². The molecule has 1 aliphatic heterocycles. The predicted molar refractivity (Wildman–Crippen MR) is 161 cm³/mol. The van der Waals surface area contributed by atoms with Gasteiger partial charge in [0.05, 0.1) is 0 Å². The Balaban J connectivity index is 1.82. The van der Waals surface area contributed by atoms with Crippen LogP contribution < -0.4 is 13.7 Å². The number of fused-ring (bicyclic) bond motifs is 5. The van der Waals surface area contributed by atoms with Gasteiger partial charge in [0.15, 0.2) is 0 Å². The molecule has 0 aliphatic carbocycles. The molecule has 3 heteroatoms. The van der Waals surface area contributed by atoms with Crippen LogP contribution in [0.2, 0.25) is 17.3 Å². The molecule has 5 aromatic rings. The second-order valence-electron chi connectivity index (χ2n) is 13.3.